The smallest absolute Gasteiger partial charge is 0.0915 e. The van der Waals surface area contributed by atoms with Crippen LogP contribution in [-0.4, -0.2) is 20.7 Å². The maximum Gasteiger partial charge on any atom is 0.0915 e. The highest BCUT2D eigenvalue weighted by Crippen LogP contribution is 2.34. The minimum absolute atomic E-state index is 0.736. The first-order chi connectivity index (χ1) is 16.6. The van der Waals surface area contributed by atoms with Crippen LogP contribution in [0, 0.1) is 6.92 Å². The predicted octanol–water partition coefficient (Wildman–Crippen LogP) is 7.69. The molecule has 3 aromatic heterocycles. The van der Waals surface area contributed by atoms with Gasteiger partial charge in [0.15, 0.2) is 0 Å². The van der Waals surface area contributed by atoms with Crippen molar-refractivity contribution >= 4 is 35.0 Å². The molecule has 4 nitrogen and oxygen atoms in total. The predicted molar refractivity (Wildman–Crippen MR) is 146 cm³/mol. The first kappa shape index (κ1) is 22.9. The van der Waals surface area contributed by atoms with E-state index < -0.39 is 0 Å². The number of aliphatic imine (C=N–C) groups is 1. The number of nitrogens with zero attached hydrogens (tertiary/aromatic N) is 4. The van der Waals surface area contributed by atoms with Gasteiger partial charge < -0.3 is 4.57 Å². The third-order valence-electron chi connectivity index (χ3n) is 5.53. The number of allylic oxidation sites excluding steroid dienone is 3. The highest BCUT2D eigenvalue weighted by Gasteiger charge is 2.18. The average Bonchev–Trinajstić information content (AvgIpc) is 3.16. The Morgan fingerprint density at radius 3 is 2.56 bits per heavy atom. The molecule has 34 heavy (non-hydrogen) atoms. The second kappa shape index (κ2) is 10.1. The Hall–Kier alpha value is -4.31. The SMILES string of the molecule is C=C/C=C(\N=CC)c1cc(-n2c(/C=C\C)c(C=C)c3cc(C)ccc32)cc(-c2ccccn2)n1. The first-order valence-electron chi connectivity index (χ1n) is 11.3. The summed E-state index contributed by atoms with van der Waals surface area (Å²) in [6.07, 6.45) is 13.2. The number of hydrogen-bond acceptors (Lipinski definition) is 3. The number of aromatic nitrogens is 3. The Kier molecular flexibility index (Phi) is 6.79. The normalized spacial score (nSPS) is 12.1. The minimum Gasteiger partial charge on any atom is -0.309 e. The molecule has 4 aromatic rings. The van der Waals surface area contributed by atoms with E-state index in [1.54, 1.807) is 18.5 Å². The van der Waals surface area contributed by atoms with Gasteiger partial charge in [-0.25, -0.2) is 4.98 Å². The maximum absolute atomic E-state index is 4.92. The Bertz CT molecular complexity index is 1450. The van der Waals surface area contributed by atoms with E-state index in [2.05, 4.69) is 77.1 Å². The summed E-state index contributed by atoms with van der Waals surface area (Å²) in [6, 6.07) is 16.5. The summed E-state index contributed by atoms with van der Waals surface area (Å²) in [5.41, 5.74) is 8.50. The third-order valence-corrected chi connectivity index (χ3v) is 5.53. The molecule has 0 fully saturated rings. The molecule has 0 amide bonds. The molecule has 0 spiro atoms. The minimum atomic E-state index is 0.736. The van der Waals surface area contributed by atoms with Crippen molar-refractivity contribution in [2.75, 3.05) is 0 Å². The molecule has 0 aliphatic rings. The van der Waals surface area contributed by atoms with Crippen LogP contribution in [0.1, 0.15) is 36.4 Å². The second-order valence-corrected chi connectivity index (χ2v) is 7.84. The summed E-state index contributed by atoms with van der Waals surface area (Å²) in [4.78, 5) is 14.0. The van der Waals surface area contributed by atoms with Crippen LogP contribution in [0.2, 0.25) is 0 Å². The van der Waals surface area contributed by atoms with Crippen LogP contribution in [0.5, 0.6) is 0 Å². The highest BCUT2D eigenvalue weighted by molar-refractivity contribution is 5.96. The third kappa shape index (κ3) is 4.30. The summed E-state index contributed by atoms with van der Waals surface area (Å²) >= 11 is 0. The number of pyridine rings is 2. The summed E-state index contributed by atoms with van der Waals surface area (Å²) < 4.78 is 2.25. The van der Waals surface area contributed by atoms with Crippen molar-refractivity contribution in [3.63, 3.8) is 0 Å². The number of aryl methyl sites for hydroxylation is 1. The van der Waals surface area contributed by atoms with Crippen LogP contribution in [0.15, 0.2) is 91.1 Å². The van der Waals surface area contributed by atoms with Crippen molar-refractivity contribution in [2.24, 2.45) is 4.99 Å². The van der Waals surface area contributed by atoms with Crippen LogP contribution in [-0.2, 0) is 0 Å². The molecule has 0 unspecified atom stereocenters. The molecule has 1 aromatic carbocycles. The zero-order valence-electron chi connectivity index (χ0n) is 19.9. The molecule has 0 saturated carbocycles. The van der Waals surface area contributed by atoms with Crippen molar-refractivity contribution in [1.82, 2.24) is 14.5 Å². The molecule has 0 radical (unpaired) electrons. The molecular formula is C30H28N4. The largest absolute Gasteiger partial charge is 0.309 e. The fourth-order valence-corrected chi connectivity index (χ4v) is 4.13. The number of hydrogen-bond donors (Lipinski definition) is 0. The molecule has 0 aliphatic heterocycles. The van der Waals surface area contributed by atoms with Crippen LogP contribution in [0.25, 0.3) is 45.8 Å². The second-order valence-electron chi connectivity index (χ2n) is 7.84. The van der Waals surface area contributed by atoms with Gasteiger partial charge in [-0.1, -0.05) is 49.1 Å². The quantitative estimate of drug-likeness (QED) is 0.217. The molecule has 4 rings (SSSR count). The van der Waals surface area contributed by atoms with Crippen molar-refractivity contribution in [2.45, 2.75) is 20.8 Å². The molecule has 168 valence electrons. The van der Waals surface area contributed by atoms with Gasteiger partial charge in [0.2, 0.25) is 0 Å². The number of fused-ring (bicyclic) bond motifs is 1. The van der Waals surface area contributed by atoms with Gasteiger partial charge in [-0.15, -0.1) is 0 Å². The van der Waals surface area contributed by atoms with Gasteiger partial charge in [0, 0.05) is 23.4 Å². The lowest BCUT2D eigenvalue weighted by Crippen LogP contribution is -2.02. The molecule has 0 N–H and O–H groups in total. The first-order valence-corrected chi connectivity index (χ1v) is 11.3. The lowest BCUT2D eigenvalue weighted by atomic mass is 10.1. The van der Waals surface area contributed by atoms with Gasteiger partial charge in [-0.05, 0) is 69.3 Å². The summed E-state index contributed by atoms with van der Waals surface area (Å²) in [6.45, 7) is 14.0. The van der Waals surface area contributed by atoms with Crippen molar-refractivity contribution in [1.29, 1.82) is 0 Å². The van der Waals surface area contributed by atoms with Crippen LogP contribution in [0.3, 0.4) is 0 Å². The standard InChI is InChI=1S/C30H28N4/c1-6-12-25(31-9-4)27-19-22(20-28(33-27)26-14-10-11-17-32-26)34-29(13-7-2)23(8-3)24-18-21(5)15-16-30(24)34/h6-20H,1,3H2,2,4-5H3/b13-7-,25-12-,31-9?. The van der Waals surface area contributed by atoms with Crippen LogP contribution >= 0.6 is 0 Å². The Morgan fingerprint density at radius 1 is 1.03 bits per heavy atom. The van der Waals surface area contributed by atoms with Gasteiger partial charge in [0.25, 0.3) is 0 Å². The molecule has 0 atom stereocenters. The topological polar surface area (TPSA) is 43.1 Å². The van der Waals surface area contributed by atoms with Gasteiger partial charge in [0.1, 0.15) is 0 Å². The lowest BCUT2D eigenvalue weighted by Gasteiger charge is -2.14. The van der Waals surface area contributed by atoms with E-state index in [-0.39, 0.29) is 0 Å². The van der Waals surface area contributed by atoms with Crippen LogP contribution in [0.4, 0.5) is 0 Å². The summed E-state index contributed by atoms with van der Waals surface area (Å²) in [5, 5.41) is 1.16. The van der Waals surface area contributed by atoms with Crippen molar-refractivity contribution in [3.8, 4) is 17.1 Å². The fourth-order valence-electron chi connectivity index (χ4n) is 4.13. The van der Waals surface area contributed by atoms with E-state index >= 15 is 0 Å². The van der Waals surface area contributed by atoms with Crippen molar-refractivity contribution in [3.05, 3.63) is 109 Å². The van der Waals surface area contributed by atoms with E-state index in [0.29, 0.717) is 0 Å². The van der Waals surface area contributed by atoms with Gasteiger partial charge >= 0.3 is 0 Å². The highest BCUT2D eigenvalue weighted by atomic mass is 15.0. The molecule has 0 aliphatic carbocycles. The van der Waals surface area contributed by atoms with Gasteiger partial charge in [0.05, 0.1) is 39.7 Å². The molecule has 4 heteroatoms. The number of benzene rings is 1. The fraction of sp³-hybridized carbons (Fsp3) is 0.100. The van der Waals surface area contributed by atoms with E-state index in [1.807, 2.05) is 44.2 Å². The van der Waals surface area contributed by atoms with Gasteiger partial charge in [-0.2, -0.15) is 0 Å². The Balaban J connectivity index is 2.11. The Labute approximate surface area is 201 Å². The molecule has 0 saturated heterocycles. The summed E-state index contributed by atoms with van der Waals surface area (Å²) in [7, 11) is 0. The van der Waals surface area contributed by atoms with Crippen molar-refractivity contribution < 1.29 is 0 Å². The van der Waals surface area contributed by atoms with E-state index in [9.17, 15) is 0 Å². The van der Waals surface area contributed by atoms with Gasteiger partial charge in [-0.3, -0.25) is 9.98 Å². The Morgan fingerprint density at radius 2 is 1.88 bits per heavy atom. The number of rotatable bonds is 7. The monoisotopic (exact) mass is 444 g/mol. The zero-order chi connectivity index (χ0) is 24.1. The van der Waals surface area contributed by atoms with Crippen LogP contribution < -0.4 is 0 Å². The maximum atomic E-state index is 4.92. The van der Waals surface area contributed by atoms with E-state index in [0.717, 1.165) is 50.6 Å². The average molecular weight is 445 g/mol. The molecular weight excluding hydrogens is 416 g/mol. The zero-order valence-corrected chi connectivity index (χ0v) is 19.9. The molecule has 3 heterocycles. The summed E-state index contributed by atoms with van der Waals surface area (Å²) in [5.74, 6) is 0. The molecule has 0 bridgehead atoms. The van der Waals surface area contributed by atoms with E-state index in [4.69, 9.17) is 4.98 Å². The van der Waals surface area contributed by atoms with E-state index in [1.165, 1.54) is 5.56 Å². The lowest BCUT2D eigenvalue weighted by molar-refractivity contribution is 1.08.